The van der Waals surface area contributed by atoms with E-state index in [2.05, 4.69) is 15.7 Å². The van der Waals surface area contributed by atoms with E-state index in [9.17, 15) is 31.1 Å². The third-order valence-corrected chi connectivity index (χ3v) is 4.74. The van der Waals surface area contributed by atoms with E-state index >= 15 is 0 Å². The van der Waals surface area contributed by atoms with Gasteiger partial charge in [0.15, 0.2) is 0 Å². The fourth-order valence-electron chi connectivity index (χ4n) is 3.14. The summed E-state index contributed by atoms with van der Waals surface area (Å²) in [5.41, 5.74) is -0.00229. The number of aromatic nitrogens is 2. The van der Waals surface area contributed by atoms with Crippen LogP contribution >= 0.6 is 0 Å². The quantitative estimate of drug-likeness (QED) is 0.331. The molecule has 33 heavy (non-hydrogen) atoms. The lowest BCUT2D eigenvalue weighted by atomic mass is 10.1. The van der Waals surface area contributed by atoms with E-state index < -0.39 is 29.5 Å². The van der Waals surface area contributed by atoms with Gasteiger partial charge in [-0.15, -0.1) is 0 Å². The highest BCUT2D eigenvalue weighted by molar-refractivity contribution is 5.99. The van der Waals surface area contributed by atoms with E-state index in [0.29, 0.717) is 22.3 Å². The van der Waals surface area contributed by atoms with Crippen molar-refractivity contribution in [3.05, 3.63) is 84.1 Å². The summed E-state index contributed by atoms with van der Waals surface area (Å²) in [5.74, 6) is 0. The number of nitrogens with one attached hydrogen (secondary N) is 2. The Morgan fingerprint density at radius 3 is 1.79 bits per heavy atom. The van der Waals surface area contributed by atoms with Gasteiger partial charge in [-0.3, -0.25) is 0 Å². The van der Waals surface area contributed by atoms with Gasteiger partial charge in [0.05, 0.1) is 28.5 Å². The summed E-state index contributed by atoms with van der Waals surface area (Å²) in [7, 11) is 0. The first-order chi connectivity index (χ1) is 15.5. The summed E-state index contributed by atoms with van der Waals surface area (Å²) < 4.78 is 77.9. The number of halogens is 6. The molecule has 4 rings (SSSR count). The number of amides is 2. The molecule has 0 spiro atoms. The van der Waals surface area contributed by atoms with Crippen LogP contribution in [-0.4, -0.2) is 15.8 Å². The molecule has 2 amide bonds. The second-order valence-corrected chi connectivity index (χ2v) is 7.03. The van der Waals surface area contributed by atoms with E-state index in [1.807, 2.05) is 0 Å². The summed E-state index contributed by atoms with van der Waals surface area (Å²) >= 11 is 0. The molecule has 5 nitrogen and oxygen atoms in total. The van der Waals surface area contributed by atoms with Crippen LogP contribution in [0.5, 0.6) is 0 Å². The smallest absolute Gasteiger partial charge is 0.308 e. The lowest BCUT2D eigenvalue weighted by molar-refractivity contribution is -0.138. The van der Waals surface area contributed by atoms with Gasteiger partial charge in [0.25, 0.3) is 0 Å². The molecule has 2 N–H and O–H groups in total. The van der Waals surface area contributed by atoms with E-state index in [1.54, 1.807) is 24.3 Å². The Morgan fingerprint density at radius 2 is 1.24 bits per heavy atom. The second-order valence-electron chi connectivity index (χ2n) is 7.03. The van der Waals surface area contributed by atoms with Gasteiger partial charge < -0.3 is 10.6 Å². The number of fused-ring (bicyclic) bond motifs is 1. The summed E-state index contributed by atoms with van der Waals surface area (Å²) in [6.45, 7) is 0. The van der Waals surface area contributed by atoms with Crippen molar-refractivity contribution in [2.45, 2.75) is 12.4 Å². The molecule has 1 aromatic heterocycles. The molecule has 0 unspecified atom stereocenters. The topological polar surface area (TPSA) is 59.0 Å². The maximum Gasteiger partial charge on any atom is 0.416 e. The molecule has 4 aromatic rings. The molecule has 0 aliphatic heterocycles. The van der Waals surface area contributed by atoms with Crippen molar-refractivity contribution in [1.82, 2.24) is 9.78 Å². The van der Waals surface area contributed by atoms with Crippen molar-refractivity contribution >= 4 is 28.3 Å². The molecule has 0 atom stereocenters. The van der Waals surface area contributed by atoms with Crippen molar-refractivity contribution in [3.8, 4) is 5.69 Å². The van der Waals surface area contributed by atoms with Gasteiger partial charge in [0.1, 0.15) is 0 Å². The molecule has 0 fully saturated rings. The molecule has 11 heteroatoms. The maximum absolute atomic E-state index is 12.9. The summed E-state index contributed by atoms with van der Waals surface area (Å²) in [4.78, 5) is 12.1. The van der Waals surface area contributed by atoms with Crippen molar-refractivity contribution in [2.75, 3.05) is 10.6 Å². The standard InChI is InChI=1S/C22H14F6N4O/c23-21(24,25)14-1-4-16(5-2-14)30-20(33)31-17-6-8-18(9-7-17)32-19-10-3-15(22(26,27)28)11-13(19)12-29-32/h1-12H,(H2,30,31,33). The molecule has 0 saturated heterocycles. The number of hydrogen-bond acceptors (Lipinski definition) is 2. The largest absolute Gasteiger partial charge is 0.416 e. The molecule has 0 radical (unpaired) electrons. The van der Waals surface area contributed by atoms with Crippen LogP contribution in [0.2, 0.25) is 0 Å². The number of alkyl halides is 6. The zero-order valence-corrected chi connectivity index (χ0v) is 16.5. The highest BCUT2D eigenvalue weighted by atomic mass is 19.4. The second kappa shape index (κ2) is 8.15. The monoisotopic (exact) mass is 464 g/mol. The van der Waals surface area contributed by atoms with Crippen molar-refractivity contribution in [1.29, 1.82) is 0 Å². The van der Waals surface area contributed by atoms with E-state index in [-0.39, 0.29) is 5.69 Å². The lowest BCUT2D eigenvalue weighted by Crippen LogP contribution is -2.19. The van der Waals surface area contributed by atoms with Crippen molar-refractivity contribution in [3.63, 3.8) is 0 Å². The highest BCUT2D eigenvalue weighted by Crippen LogP contribution is 2.32. The number of urea groups is 1. The number of rotatable bonds is 3. The minimum atomic E-state index is -4.47. The van der Waals surface area contributed by atoms with Crippen LogP contribution in [0.1, 0.15) is 11.1 Å². The number of anilines is 2. The fourth-order valence-corrected chi connectivity index (χ4v) is 3.14. The summed E-state index contributed by atoms with van der Waals surface area (Å²) in [5, 5.41) is 9.42. The van der Waals surface area contributed by atoms with Crippen LogP contribution in [-0.2, 0) is 12.4 Å². The van der Waals surface area contributed by atoms with Crippen LogP contribution in [0, 0.1) is 0 Å². The zero-order chi connectivity index (χ0) is 23.8. The Bertz CT molecular complexity index is 1290. The first-order valence-corrected chi connectivity index (χ1v) is 9.41. The molecule has 0 bridgehead atoms. The number of nitrogens with zero attached hydrogens (tertiary/aromatic N) is 2. The van der Waals surface area contributed by atoms with Crippen LogP contribution in [0.3, 0.4) is 0 Å². The number of carbonyl (C=O) groups excluding carboxylic acids is 1. The van der Waals surface area contributed by atoms with Crippen LogP contribution in [0.25, 0.3) is 16.6 Å². The molecule has 170 valence electrons. The third kappa shape index (κ3) is 4.92. The maximum atomic E-state index is 12.9. The van der Waals surface area contributed by atoms with E-state index in [4.69, 9.17) is 0 Å². The normalized spacial score (nSPS) is 12.1. The number of carbonyl (C=O) groups is 1. The Kier molecular flexibility index (Phi) is 5.48. The van der Waals surface area contributed by atoms with Gasteiger partial charge in [-0.05, 0) is 66.7 Å². The van der Waals surface area contributed by atoms with Gasteiger partial charge in [-0.1, -0.05) is 0 Å². The fraction of sp³-hybridized carbons (Fsp3) is 0.0909. The van der Waals surface area contributed by atoms with Crippen LogP contribution < -0.4 is 10.6 Å². The first kappa shape index (κ1) is 22.2. The minimum Gasteiger partial charge on any atom is -0.308 e. The van der Waals surface area contributed by atoms with Gasteiger partial charge in [0.2, 0.25) is 0 Å². The first-order valence-electron chi connectivity index (χ1n) is 9.41. The molecular formula is C22H14F6N4O. The van der Waals surface area contributed by atoms with Crippen LogP contribution in [0.4, 0.5) is 42.5 Å². The molecular weight excluding hydrogens is 450 g/mol. The molecule has 3 aromatic carbocycles. The van der Waals surface area contributed by atoms with Gasteiger partial charge in [-0.25, -0.2) is 9.48 Å². The molecule has 1 heterocycles. The Morgan fingerprint density at radius 1 is 0.727 bits per heavy atom. The Hall–Kier alpha value is -4.02. The third-order valence-electron chi connectivity index (χ3n) is 4.74. The van der Waals surface area contributed by atoms with Crippen LogP contribution in [0.15, 0.2) is 72.9 Å². The summed E-state index contributed by atoms with van der Waals surface area (Å²) in [6, 6.07) is 13.0. The van der Waals surface area contributed by atoms with Crippen molar-refractivity contribution in [2.24, 2.45) is 0 Å². The lowest BCUT2D eigenvalue weighted by Gasteiger charge is -2.11. The average molecular weight is 464 g/mol. The predicted octanol–water partition coefficient (Wildman–Crippen LogP) is 6.71. The number of benzene rings is 3. The van der Waals surface area contributed by atoms with Gasteiger partial charge in [0, 0.05) is 16.8 Å². The predicted molar refractivity (Wildman–Crippen MR) is 110 cm³/mol. The van der Waals surface area contributed by atoms with Gasteiger partial charge in [-0.2, -0.15) is 31.4 Å². The van der Waals surface area contributed by atoms with E-state index in [0.717, 1.165) is 36.4 Å². The summed E-state index contributed by atoms with van der Waals surface area (Å²) in [6.07, 6.45) is -7.60. The van der Waals surface area contributed by atoms with Crippen molar-refractivity contribution < 1.29 is 31.1 Å². The Balaban J connectivity index is 1.45. The molecule has 0 aliphatic rings. The van der Waals surface area contributed by atoms with Gasteiger partial charge >= 0.3 is 18.4 Å². The highest BCUT2D eigenvalue weighted by Gasteiger charge is 2.31. The Labute approximate surface area is 182 Å². The average Bonchev–Trinajstić information content (AvgIpc) is 3.17. The molecule has 0 aliphatic carbocycles. The minimum absolute atomic E-state index is 0.179. The number of hydrogen-bond donors (Lipinski definition) is 2. The SMILES string of the molecule is O=C(Nc1ccc(-n2ncc3cc(C(F)(F)F)ccc32)cc1)Nc1ccc(C(F)(F)F)cc1. The van der Waals surface area contributed by atoms with E-state index in [1.165, 1.54) is 16.9 Å². The molecule has 0 saturated carbocycles. The zero-order valence-electron chi connectivity index (χ0n) is 16.5.